The number of hydrogen-bond donors (Lipinski definition) is 2. The maximum absolute atomic E-state index is 11.9. The molecule has 3 rings (SSSR count). The molecule has 2 heterocycles. The summed E-state index contributed by atoms with van der Waals surface area (Å²) in [6.45, 7) is 5.04. The van der Waals surface area contributed by atoms with Crippen LogP contribution in [0.2, 0.25) is 0 Å². The van der Waals surface area contributed by atoms with Gasteiger partial charge in [0.2, 0.25) is 0 Å². The van der Waals surface area contributed by atoms with Crippen LogP contribution in [0.25, 0.3) is 11.3 Å². The summed E-state index contributed by atoms with van der Waals surface area (Å²) in [6, 6.07) is 7.05. The third-order valence-electron chi connectivity index (χ3n) is 4.92. The van der Waals surface area contributed by atoms with Crippen molar-refractivity contribution in [3.8, 4) is 17.1 Å². The lowest BCUT2D eigenvalue weighted by molar-refractivity contribution is -0.122. The maximum Gasteiger partial charge on any atom is 0.343 e. The van der Waals surface area contributed by atoms with E-state index in [4.69, 9.17) is 23.9 Å². The molecular formula is C21H29N3O7. The molecule has 31 heavy (non-hydrogen) atoms. The smallest absolute Gasteiger partial charge is 0.343 e. The van der Waals surface area contributed by atoms with Gasteiger partial charge in [-0.15, -0.1) is 0 Å². The second-order valence-electron chi connectivity index (χ2n) is 6.93. The number of carbonyl (C=O) groups is 2. The largest absolute Gasteiger partial charge is 0.497 e. The highest BCUT2D eigenvalue weighted by Gasteiger charge is 2.26. The standard InChI is InChI=1S/C20H27N3O5.CH2O2/c1-22(9-3-4-10-23-11-13-27-14-12-23)19-17(20(24)25)18(28-21-19)15-5-7-16(26-2)8-6-15;2-1-3/h5-8H,3-4,9-14H2,1-2H3,(H,24,25);1H,(H,2,3). The summed E-state index contributed by atoms with van der Waals surface area (Å²) < 4.78 is 15.9. The molecular weight excluding hydrogens is 406 g/mol. The van der Waals surface area contributed by atoms with Gasteiger partial charge in [-0.25, -0.2) is 4.79 Å². The van der Waals surface area contributed by atoms with Gasteiger partial charge in [0.1, 0.15) is 5.75 Å². The number of methoxy groups -OCH3 is 1. The molecule has 1 aliphatic heterocycles. The molecule has 2 aromatic rings. The molecule has 0 bridgehead atoms. The van der Waals surface area contributed by atoms with Crippen molar-refractivity contribution in [2.24, 2.45) is 0 Å². The Hall–Kier alpha value is -3.11. The van der Waals surface area contributed by atoms with Crippen molar-refractivity contribution >= 4 is 18.3 Å². The topological polar surface area (TPSA) is 126 Å². The molecule has 0 saturated carbocycles. The van der Waals surface area contributed by atoms with Gasteiger partial charge < -0.3 is 29.1 Å². The fourth-order valence-corrected chi connectivity index (χ4v) is 3.29. The highest BCUT2D eigenvalue weighted by Crippen LogP contribution is 2.32. The number of hydrogen-bond acceptors (Lipinski definition) is 8. The summed E-state index contributed by atoms with van der Waals surface area (Å²) in [7, 11) is 3.43. The Morgan fingerprint density at radius 1 is 1.26 bits per heavy atom. The first-order valence-electron chi connectivity index (χ1n) is 9.98. The highest BCUT2D eigenvalue weighted by molar-refractivity contribution is 5.99. The van der Waals surface area contributed by atoms with E-state index in [1.165, 1.54) is 0 Å². The highest BCUT2D eigenvalue weighted by atomic mass is 16.5. The molecule has 1 aromatic carbocycles. The SMILES string of the molecule is COc1ccc(-c2onc(N(C)CCCCN3CCOCC3)c2C(=O)O)cc1.O=CO. The molecule has 0 aliphatic carbocycles. The van der Waals surface area contributed by atoms with E-state index >= 15 is 0 Å². The first-order chi connectivity index (χ1) is 15.0. The zero-order valence-corrected chi connectivity index (χ0v) is 17.8. The van der Waals surface area contributed by atoms with Crippen LogP contribution in [0.5, 0.6) is 5.75 Å². The second kappa shape index (κ2) is 12.6. The Morgan fingerprint density at radius 2 is 1.90 bits per heavy atom. The minimum atomic E-state index is -1.05. The molecule has 1 aliphatic rings. The lowest BCUT2D eigenvalue weighted by Gasteiger charge is -2.26. The van der Waals surface area contributed by atoms with Gasteiger partial charge >= 0.3 is 5.97 Å². The second-order valence-corrected chi connectivity index (χ2v) is 6.93. The molecule has 0 unspecified atom stereocenters. The number of carboxylic acids is 1. The van der Waals surface area contributed by atoms with E-state index in [2.05, 4.69) is 10.1 Å². The molecule has 1 saturated heterocycles. The van der Waals surface area contributed by atoms with Crippen LogP contribution in [0.4, 0.5) is 5.82 Å². The van der Waals surface area contributed by atoms with E-state index in [9.17, 15) is 9.90 Å². The summed E-state index contributed by atoms with van der Waals surface area (Å²) >= 11 is 0. The van der Waals surface area contributed by atoms with Crippen LogP contribution in [0, 0.1) is 0 Å². The first-order valence-corrected chi connectivity index (χ1v) is 9.98. The number of aromatic carboxylic acids is 1. The summed E-state index contributed by atoms with van der Waals surface area (Å²) in [5, 5.41) is 20.6. The van der Waals surface area contributed by atoms with Crippen LogP contribution in [0.15, 0.2) is 28.8 Å². The summed E-state index contributed by atoms with van der Waals surface area (Å²) in [5.41, 5.74) is 0.735. The normalized spacial score (nSPS) is 13.7. The first kappa shape index (κ1) is 24.2. The minimum absolute atomic E-state index is 0.0841. The van der Waals surface area contributed by atoms with Gasteiger partial charge in [0.05, 0.1) is 20.3 Å². The van der Waals surface area contributed by atoms with E-state index in [0.29, 0.717) is 23.7 Å². The number of anilines is 1. The predicted molar refractivity (Wildman–Crippen MR) is 114 cm³/mol. The van der Waals surface area contributed by atoms with Gasteiger partial charge in [-0.3, -0.25) is 9.69 Å². The molecule has 10 nitrogen and oxygen atoms in total. The number of unbranched alkanes of at least 4 members (excludes halogenated alkanes) is 1. The quantitative estimate of drug-likeness (QED) is 0.447. The van der Waals surface area contributed by atoms with Crippen molar-refractivity contribution in [1.82, 2.24) is 10.1 Å². The van der Waals surface area contributed by atoms with Gasteiger partial charge in [0, 0.05) is 32.2 Å². The van der Waals surface area contributed by atoms with E-state index in [1.807, 2.05) is 11.9 Å². The third-order valence-corrected chi connectivity index (χ3v) is 4.92. The average molecular weight is 435 g/mol. The summed E-state index contributed by atoms with van der Waals surface area (Å²) in [6.07, 6.45) is 1.98. The molecule has 0 atom stereocenters. The van der Waals surface area contributed by atoms with Gasteiger partial charge in [-0.05, 0) is 43.7 Å². The lowest BCUT2D eigenvalue weighted by atomic mass is 10.1. The van der Waals surface area contributed by atoms with Crippen LogP contribution >= 0.6 is 0 Å². The Kier molecular flexibility index (Phi) is 9.79. The Labute approximate surface area is 180 Å². The van der Waals surface area contributed by atoms with Gasteiger partial charge in [0.25, 0.3) is 6.47 Å². The summed E-state index contributed by atoms with van der Waals surface area (Å²) in [4.78, 5) is 24.5. The number of rotatable bonds is 9. The van der Waals surface area contributed by atoms with E-state index in [1.54, 1.807) is 31.4 Å². The maximum atomic E-state index is 11.9. The number of benzene rings is 1. The average Bonchev–Trinajstić information content (AvgIpc) is 3.24. The van der Waals surface area contributed by atoms with Crippen LogP contribution in [-0.2, 0) is 9.53 Å². The van der Waals surface area contributed by atoms with E-state index < -0.39 is 5.97 Å². The van der Waals surface area contributed by atoms with Crippen molar-refractivity contribution in [2.45, 2.75) is 12.8 Å². The molecule has 0 amide bonds. The molecule has 2 N–H and O–H groups in total. The molecule has 170 valence electrons. The number of aromatic nitrogens is 1. The fraction of sp³-hybridized carbons (Fsp3) is 0.476. The molecule has 1 fully saturated rings. The Balaban J connectivity index is 0.00000107. The zero-order valence-electron chi connectivity index (χ0n) is 17.8. The molecule has 0 radical (unpaired) electrons. The fourth-order valence-electron chi connectivity index (χ4n) is 3.29. The number of carboxylic acid groups (broad SMARTS) is 2. The van der Waals surface area contributed by atoms with Gasteiger partial charge in [-0.2, -0.15) is 0 Å². The van der Waals surface area contributed by atoms with Crippen molar-refractivity contribution in [2.75, 3.05) is 58.5 Å². The number of morpholine rings is 1. The molecule has 1 aromatic heterocycles. The molecule has 0 spiro atoms. The summed E-state index contributed by atoms with van der Waals surface area (Å²) in [5.74, 6) is 0.245. The predicted octanol–water partition coefficient (Wildman–Crippen LogP) is 2.30. The van der Waals surface area contributed by atoms with Crippen molar-refractivity contribution in [3.63, 3.8) is 0 Å². The van der Waals surface area contributed by atoms with Crippen molar-refractivity contribution < 1.29 is 33.8 Å². The molecule has 10 heteroatoms. The van der Waals surface area contributed by atoms with Gasteiger partial charge in [0.15, 0.2) is 17.1 Å². The van der Waals surface area contributed by atoms with E-state index in [0.717, 1.165) is 45.7 Å². The van der Waals surface area contributed by atoms with Crippen molar-refractivity contribution in [1.29, 1.82) is 0 Å². The third kappa shape index (κ3) is 6.97. The van der Waals surface area contributed by atoms with Crippen LogP contribution in [-0.4, -0.2) is 86.3 Å². The van der Waals surface area contributed by atoms with Crippen LogP contribution in [0.1, 0.15) is 23.2 Å². The van der Waals surface area contributed by atoms with Crippen LogP contribution < -0.4 is 9.64 Å². The minimum Gasteiger partial charge on any atom is -0.497 e. The van der Waals surface area contributed by atoms with Gasteiger partial charge in [-0.1, -0.05) is 5.16 Å². The van der Waals surface area contributed by atoms with Crippen LogP contribution in [0.3, 0.4) is 0 Å². The number of ether oxygens (including phenoxy) is 2. The monoisotopic (exact) mass is 435 g/mol. The Morgan fingerprint density at radius 3 is 2.48 bits per heavy atom. The number of nitrogens with zero attached hydrogens (tertiary/aromatic N) is 3. The van der Waals surface area contributed by atoms with E-state index in [-0.39, 0.29) is 17.8 Å². The zero-order chi connectivity index (χ0) is 22.6. The van der Waals surface area contributed by atoms with Crippen molar-refractivity contribution in [3.05, 3.63) is 29.8 Å². The Bertz CT molecular complexity index is 817. The lowest BCUT2D eigenvalue weighted by Crippen LogP contribution is -2.37.